The SMILES string of the molecule is CCC1(C(=O)O)CCN(C(=O)C2CSc3ccccc32)C1. The van der Waals surface area contributed by atoms with E-state index in [1.54, 1.807) is 16.7 Å². The van der Waals surface area contributed by atoms with E-state index in [-0.39, 0.29) is 11.8 Å². The van der Waals surface area contributed by atoms with Crippen LogP contribution in [0.5, 0.6) is 0 Å². The van der Waals surface area contributed by atoms with Crippen LogP contribution in [0.25, 0.3) is 0 Å². The van der Waals surface area contributed by atoms with Gasteiger partial charge in [0.05, 0.1) is 11.3 Å². The van der Waals surface area contributed by atoms with Crippen molar-refractivity contribution in [3.8, 4) is 0 Å². The maximum Gasteiger partial charge on any atom is 0.311 e. The van der Waals surface area contributed by atoms with Crippen molar-refractivity contribution in [1.29, 1.82) is 0 Å². The molecule has 0 bridgehead atoms. The molecule has 0 aromatic heterocycles. The number of amides is 1. The Morgan fingerprint density at radius 2 is 2.19 bits per heavy atom. The molecule has 3 rings (SSSR count). The minimum Gasteiger partial charge on any atom is -0.481 e. The summed E-state index contributed by atoms with van der Waals surface area (Å²) >= 11 is 1.71. The monoisotopic (exact) mass is 305 g/mol. The molecule has 21 heavy (non-hydrogen) atoms. The summed E-state index contributed by atoms with van der Waals surface area (Å²) in [6, 6.07) is 8.01. The number of benzene rings is 1. The van der Waals surface area contributed by atoms with Crippen molar-refractivity contribution in [2.24, 2.45) is 5.41 Å². The van der Waals surface area contributed by atoms with Crippen molar-refractivity contribution in [3.63, 3.8) is 0 Å². The van der Waals surface area contributed by atoms with Crippen LogP contribution in [0.2, 0.25) is 0 Å². The zero-order valence-electron chi connectivity index (χ0n) is 12.0. The van der Waals surface area contributed by atoms with Crippen molar-refractivity contribution in [3.05, 3.63) is 29.8 Å². The smallest absolute Gasteiger partial charge is 0.311 e. The Morgan fingerprint density at radius 1 is 1.43 bits per heavy atom. The average Bonchev–Trinajstić information content (AvgIpc) is 3.12. The molecule has 2 aliphatic rings. The Morgan fingerprint density at radius 3 is 2.86 bits per heavy atom. The van der Waals surface area contributed by atoms with E-state index < -0.39 is 11.4 Å². The van der Waals surface area contributed by atoms with Crippen LogP contribution >= 0.6 is 11.8 Å². The Bertz CT molecular complexity index is 589. The van der Waals surface area contributed by atoms with Gasteiger partial charge in [-0.1, -0.05) is 25.1 Å². The molecule has 1 amide bonds. The summed E-state index contributed by atoms with van der Waals surface area (Å²) < 4.78 is 0. The molecule has 4 nitrogen and oxygen atoms in total. The topological polar surface area (TPSA) is 57.6 Å². The predicted molar refractivity (Wildman–Crippen MR) is 81.5 cm³/mol. The van der Waals surface area contributed by atoms with E-state index in [4.69, 9.17) is 0 Å². The van der Waals surface area contributed by atoms with Crippen LogP contribution in [-0.4, -0.2) is 40.7 Å². The first-order valence-electron chi connectivity index (χ1n) is 7.31. The average molecular weight is 305 g/mol. The number of carboxylic acid groups (broad SMARTS) is 1. The summed E-state index contributed by atoms with van der Waals surface area (Å²) in [5.41, 5.74) is 0.345. The first kappa shape index (κ1) is 14.4. The van der Waals surface area contributed by atoms with Crippen molar-refractivity contribution < 1.29 is 14.7 Å². The molecule has 1 saturated heterocycles. The van der Waals surface area contributed by atoms with Crippen molar-refractivity contribution >= 4 is 23.6 Å². The van der Waals surface area contributed by atoms with Crippen LogP contribution in [0.15, 0.2) is 29.2 Å². The highest BCUT2D eigenvalue weighted by molar-refractivity contribution is 7.99. The van der Waals surface area contributed by atoms with E-state index in [1.807, 2.05) is 31.2 Å². The lowest BCUT2D eigenvalue weighted by Gasteiger charge is -2.25. The second kappa shape index (κ2) is 5.37. The fraction of sp³-hybridized carbons (Fsp3) is 0.500. The molecule has 2 unspecified atom stereocenters. The second-order valence-corrected chi connectivity index (χ2v) is 6.91. The molecule has 1 aromatic rings. The van der Waals surface area contributed by atoms with Gasteiger partial charge in [-0.15, -0.1) is 11.8 Å². The summed E-state index contributed by atoms with van der Waals surface area (Å²) in [5.74, 6) is -0.0425. The predicted octanol–water partition coefficient (Wildman–Crippen LogP) is 2.59. The number of hydrogen-bond donors (Lipinski definition) is 1. The van der Waals surface area contributed by atoms with Crippen LogP contribution < -0.4 is 0 Å². The van der Waals surface area contributed by atoms with E-state index >= 15 is 0 Å². The van der Waals surface area contributed by atoms with E-state index in [0.29, 0.717) is 25.9 Å². The number of carboxylic acids is 1. The van der Waals surface area contributed by atoms with Crippen molar-refractivity contribution in [2.45, 2.75) is 30.6 Å². The maximum absolute atomic E-state index is 12.8. The number of likely N-dealkylation sites (tertiary alicyclic amines) is 1. The minimum absolute atomic E-state index is 0.0871. The van der Waals surface area contributed by atoms with E-state index in [0.717, 1.165) is 11.3 Å². The van der Waals surface area contributed by atoms with E-state index in [9.17, 15) is 14.7 Å². The Labute approximate surface area is 128 Å². The van der Waals surface area contributed by atoms with Gasteiger partial charge in [-0.25, -0.2) is 0 Å². The normalized spacial score (nSPS) is 27.7. The Kier molecular flexibility index (Phi) is 3.69. The molecular weight excluding hydrogens is 286 g/mol. The Hall–Kier alpha value is -1.49. The highest BCUT2D eigenvalue weighted by atomic mass is 32.2. The molecule has 0 saturated carbocycles. The van der Waals surface area contributed by atoms with Gasteiger partial charge in [0.1, 0.15) is 0 Å². The molecule has 2 aliphatic heterocycles. The molecular formula is C16H19NO3S. The lowest BCUT2D eigenvalue weighted by Crippen LogP contribution is -2.38. The zero-order chi connectivity index (χ0) is 15.0. The number of nitrogens with zero attached hydrogens (tertiary/aromatic N) is 1. The summed E-state index contributed by atoms with van der Waals surface area (Å²) in [6.45, 7) is 2.80. The second-order valence-electron chi connectivity index (χ2n) is 5.85. The van der Waals surface area contributed by atoms with Gasteiger partial charge < -0.3 is 10.0 Å². The molecule has 0 aliphatic carbocycles. The number of fused-ring (bicyclic) bond motifs is 1. The number of aliphatic carboxylic acids is 1. The fourth-order valence-electron chi connectivity index (χ4n) is 3.26. The molecule has 1 aromatic carbocycles. The van der Waals surface area contributed by atoms with E-state index in [1.165, 1.54) is 4.90 Å². The van der Waals surface area contributed by atoms with Gasteiger partial charge in [-0.05, 0) is 24.5 Å². The molecule has 0 spiro atoms. The molecule has 2 atom stereocenters. The number of thioether (sulfide) groups is 1. The third-order valence-electron chi connectivity index (χ3n) is 4.79. The first-order chi connectivity index (χ1) is 10.1. The van der Waals surface area contributed by atoms with Gasteiger partial charge in [0.2, 0.25) is 5.91 Å². The van der Waals surface area contributed by atoms with Crippen LogP contribution in [0.3, 0.4) is 0 Å². The quantitative estimate of drug-likeness (QED) is 0.932. The van der Waals surface area contributed by atoms with Crippen LogP contribution in [0, 0.1) is 5.41 Å². The lowest BCUT2D eigenvalue weighted by molar-refractivity contribution is -0.148. The maximum atomic E-state index is 12.8. The van der Waals surface area contributed by atoms with E-state index in [2.05, 4.69) is 0 Å². The molecule has 1 fully saturated rings. The summed E-state index contributed by atoms with van der Waals surface area (Å²) in [5, 5.41) is 9.44. The van der Waals surface area contributed by atoms with Gasteiger partial charge in [0.25, 0.3) is 0 Å². The van der Waals surface area contributed by atoms with Crippen molar-refractivity contribution in [2.75, 3.05) is 18.8 Å². The number of carbonyl (C=O) groups excluding carboxylic acids is 1. The number of carbonyl (C=O) groups is 2. The minimum atomic E-state index is -0.776. The summed E-state index contributed by atoms with van der Waals surface area (Å²) in [6.07, 6.45) is 1.13. The highest BCUT2D eigenvalue weighted by Crippen LogP contribution is 2.42. The highest BCUT2D eigenvalue weighted by Gasteiger charge is 2.46. The van der Waals surface area contributed by atoms with Gasteiger partial charge in [0.15, 0.2) is 0 Å². The zero-order valence-corrected chi connectivity index (χ0v) is 12.9. The largest absolute Gasteiger partial charge is 0.481 e. The first-order valence-corrected chi connectivity index (χ1v) is 8.30. The molecule has 2 heterocycles. The number of hydrogen-bond acceptors (Lipinski definition) is 3. The molecule has 1 N–H and O–H groups in total. The fourth-order valence-corrected chi connectivity index (χ4v) is 4.48. The lowest BCUT2D eigenvalue weighted by atomic mass is 9.84. The number of rotatable bonds is 3. The van der Waals surface area contributed by atoms with Gasteiger partial charge >= 0.3 is 5.97 Å². The Balaban J connectivity index is 1.78. The molecule has 0 radical (unpaired) electrons. The van der Waals surface area contributed by atoms with Crippen molar-refractivity contribution in [1.82, 2.24) is 4.90 Å². The standard InChI is InChI=1S/C16H19NO3S/c1-2-16(15(19)20)7-8-17(10-16)14(18)12-9-21-13-6-4-3-5-11(12)13/h3-6,12H,2,7-10H2,1H3,(H,19,20). The summed E-state index contributed by atoms with van der Waals surface area (Å²) in [7, 11) is 0. The van der Waals surface area contributed by atoms with Crippen LogP contribution in [0.1, 0.15) is 31.2 Å². The van der Waals surface area contributed by atoms with Gasteiger partial charge in [-0.2, -0.15) is 0 Å². The van der Waals surface area contributed by atoms with Gasteiger partial charge in [0, 0.05) is 23.7 Å². The molecule has 112 valence electrons. The third kappa shape index (κ3) is 2.33. The van der Waals surface area contributed by atoms with Gasteiger partial charge in [-0.3, -0.25) is 9.59 Å². The third-order valence-corrected chi connectivity index (χ3v) is 5.98. The molecule has 5 heteroatoms. The summed E-state index contributed by atoms with van der Waals surface area (Å²) in [4.78, 5) is 27.2. The van der Waals surface area contributed by atoms with Crippen LogP contribution in [-0.2, 0) is 9.59 Å². The van der Waals surface area contributed by atoms with Crippen LogP contribution in [0.4, 0.5) is 0 Å².